The highest BCUT2D eigenvalue weighted by Crippen LogP contribution is 2.24. The number of benzene rings is 2. The fourth-order valence-electron chi connectivity index (χ4n) is 1.93. The van der Waals surface area contributed by atoms with Crippen molar-refractivity contribution in [1.29, 1.82) is 0 Å². The number of halogens is 2. The van der Waals surface area contributed by atoms with Gasteiger partial charge in [-0.05, 0) is 48.4 Å². The molecule has 0 saturated carbocycles. The molecular weight excluding hydrogens is 352 g/mol. The zero-order valence-corrected chi connectivity index (χ0v) is 14.2. The van der Waals surface area contributed by atoms with Gasteiger partial charge in [0.15, 0.2) is 0 Å². The Morgan fingerprint density at radius 3 is 2.71 bits per heavy atom. The van der Waals surface area contributed by atoms with Gasteiger partial charge in [-0.15, -0.1) is 0 Å². The van der Waals surface area contributed by atoms with E-state index >= 15 is 0 Å². The highest BCUT2D eigenvalue weighted by atomic mass is 79.9. The zero-order chi connectivity index (χ0) is 15.4. The molecule has 2 rings (SSSR count). The Morgan fingerprint density at radius 2 is 2.00 bits per heavy atom. The van der Waals surface area contributed by atoms with E-state index < -0.39 is 0 Å². The molecule has 2 N–H and O–H groups in total. The molecule has 0 aromatic heterocycles. The number of carbonyl (C=O) groups excluding carboxylic acids is 1. The van der Waals surface area contributed by atoms with Crippen molar-refractivity contribution >= 4 is 44.8 Å². The number of carbonyl (C=O) groups is 1. The van der Waals surface area contributed by atoms with E-state index in [2.05, 4.69) is 26.6 Å². The lowest BCUT2D eigenvalue weighted by Crippen LogP contribution is -2.08. The summed E-state index contributed by atoms with van der Waals surface area (Å²) in [4.78, 5) is 11.2. The molecule has 21 heavy (non-hydrogen) atoms. The first-order chi connectivity index (χ1) is 9.95. The van der Waals surface area contributed by atoms with Crippen LogP contribution in [0.2, 0.25) is 5.02 Å². The third kappa shape index (κ3) is 4.48. The number of rotatable bonds is 4. The van der Waals surface area contributed by atoms with Crippen LogP contribution < -0.4 is 10.6 Å². The molecule has 0 aliphatic carbocycles. The summed E-state index contributed by atoms with van der Waals surface area (Å²) in [6.07, 6.45) is 0. The third-order valence-corrected chi connectivity index (χ3v) is 4.05. The van der Waals surface area contributed by atoms with Crippen LogP contribution in [-0.2, 0) is 11.3 Å². The monoisotopic (exact) mass is 366 g/mol. The maximum absolute atomic E-state index is 11.2. The molecule has 5 heteroatoms. The third-order valence-electron chi connectivity index (χ3n) is 3.04. The standard InChI is InChI=1S/C16H16BrClN2O/c1-10-3-5-14(8-16(10)20-11(2)21)19-9-12-7-13(18)4-6-15(12)17/h3-8,19H,9H2,1-2H3,(H,20,21). The molecule has 0 saturated heterocycles. The smallest absolute Gasteiger partial charge is 0.221 e. The maximum Gasteiger partial charge on any atom is 0.221 e. The molecule has 1 amide bonds. The highest BCUT2D eigenvalue weighted by molar-refractivity contribution is 9.10. The molecule has 0 unspecified atom stereocenters. The van der Waals surface area contributed by atoms with Crippen molar-refractivity contribution in [2.75, 3.05) is 10.6 Å². The van der Waals surface area contributed by atoms with E-state index in [9.17, 15) is 4.79 Å². The summed E-state index contributed by atoms with van der Waals surface area (Å²) < 4.78 is 1.01. The van der Waals surface area contributed by atoms with Gasteiger partial charge in [-0.3, -0.25) is 4.79 Å². The topological polar surface area (TPSA) is 41.1 Å². The van der Waals surface area contributed by atoms with Crippen molar-refractivity contribution in [3.63, 3.8) is 0 Å². The molecule has 110 valence electrons. The van der Waals surface area contributed by atoms with Gasteiger partial charge in [0, 0.05) is 34.3 Å². The van der Waals surface area contributed by atoms with E-state index in [0.29, 0.717) is 11.6 Å². The predicted molar refractivity (Wildman–Crippen MR) is 92.0 cm³/mol. The van der Waals surface area contributed by atoms with Crippen LogP contribution in [0.15, 0.2) is 40.9 Å². The van der Waals surface area contributed by atoms with Crippen LogP contribution >= 0.6 is 27.5 Å². The second-order valence-electron chi connectivity index (χ2n) is 4.80. The average Bonchev–Trinajstić information content (AvgIpc) is 2.42. The molecule has 0 aliphatic heterocycles. The van der Waals surface area contributed by atoms with E-state index in [0.717, 1.165) is 27.0 Å². The molecule has 3 nitrogen and oxygen atoms in total. The molecule has 0 radical (unpaired) electrons. The maximum atomic E-state index is 11.2. The van der Waals surface area contributed by atoms with Gasteiger partial charge in [0.1, 0.15) is 0 Å². The van der Waals surface area contributed by atoms with Crippen LogP contribution in [0.4, 0.5) is 11.4 Å². The van der Waals surface area contributed by atoms with Gasteiger partial charge in [-0.1, -0.05) is 33.6 Å². The van der Waals surface area contributed by atoms with Crippen molar-refractivity contribution in [2.45, 2.75) is 20.4 Å². The summed E-state index contributed by atoms with van der Waals surface area (Å²) in [6, 6.07) is 11.6. The summed E-state index contributed by atoms with van der Waals surface area (Å²) in [6.45, 7) is 4.11. The number of nitrogens with one attached hydrogen (secondary N) is 2. The first-order valence-corrected chi connectivity index (χ1v) is 7.69. The van der Waals surface area contributed by atoms with Gasteiger partial charge in [0.05, 0.1) is 0 Å². The van der Waals surface area contributed by atoms with Crippen LogP contribution in [0.25, 0.3) is 0 Å². The number of anilines is 2. The number of hydrogen-bond acceptors (Lipinski definition) is 2. The second kappa shape index (κ2) is 6.96. The Bertz CT molecular complexity index is 673. The van der Waals surface area contributed by atoms with Gasteiger partial charge in [0.25, 0.3) is 0 Å². The van der Waals surface area contributed by atoms with E-state index in [4.69, 9.17) is 11.6 Å². The SMILES string of the molecule is CC(=O)Nc1cc(NCc2cc(Cl)ccc2Br)ccc1C. The van der Waals surface area contributed by atoms with Gasteiger partial charge in [0.2, 0.25) is 5.91 Å². The Morgan fingerprint density at radius 1 is 1.24 bits per heavy atom. The van der Waals surface area contributed by atoms with Gasteiger partial charge >= 0.3 is 0 Å². The molecule has 0 heterocycles. The van der Waals surface area contributed by atoms with Crippen LogP contribution in [0.3, 0.4) is 0 Å². The summed E-state index contributed by atoms with van der Waals surface area (Å²) in [7, 11) is 0. The minimum atomic E-state index is -0.0761. The van der Waals surface area contributed by atoms with E-state index in [1.165, 1.54) is 6.92 Å². The summed E-state index contributed by atoms with van der Waals surface area (Å²) in [5.74, 6) is -0.0761. The van der Waals surface area contributed by atoms with E-state index in [-0.39, 0.29) is 5.91 Å². The van der Waals surface area contributed by atoms with Crippen molar-refractivity contribution in [1.82, 2.24) is 0 Å². The minimum absolute atomic E-state index is 0.0761. The largest absolute Gasteiger partial charge is 0.381 e. The van der Waals surface area contributed by atoms with E-state index in [1.54, 1.807) is 0 Å². The summed E-state index contributed by atoms with van der Waals surface area (Å²) in [5.41, 5.74) is 3.86. The van der Waals surface area contributed by atoms with Crippen LogP contribution in [-0.4, -0.2) is 5.91 Å². The fourth-order valence-corrected chi connectivity index (χ4v) is 2.51. The Kier molecular flexibility index (Phi) is 5.26. The van der Waals surface area contributed by atoms with Gasteiger partial charge < -0.3 is 10.6 Å². The molecular formula is C16H16BrClN2O. The Balaban J connectivity index is 2.13. The fraction of sp³-hybridized carbons (Fsp3) is 0.188. The Labute approximate surface area is 137 Å². The number of aryl methyl sites for hydroxylation is 1. The number of hydrogen-bond donors (Lipinski definition) is 2. The lowest BCUT2D eigenvalue weighted by atomic mass is 10.1. The predicted octanol–water partition coefficient (Wildman–Crippen LogP) is 4.98. The highest BCUT2D eigenvalue weighted by Gasteiger charge is 2.04. The van der Waals surface area contributed by atoms with Crippen molar-refractivity contribution < 1.29 is 4.79 Å². The van der Waals surface area contributed by atoms with Gasteiger partial charge in [-0.25, -0.2) is 0 Å². The molecule has 0 atom stereocenters. The van der Waals surface area contributed by atoms with Gasteiger partial charge in [-0.2, -0.15) is 0 Å². The lowest BCUT2D eigenvalue weighted by molar-refractivity contribution is -0.114. The molecule has 0 aliphatic rings. The quantitative estimate of drug-likeness (QED) is 0.800. The zero-order valence-electron chi connectivity index (χ0n) is 11.8. The normalized spacial score (nSPS) is 10.3. The second-order valence-corrected chi connectivity index (χ2v) is 6.09. The average molecular weight is 368 g/mol. The van der Waals surface area contributed by atoms with Crippen LogP contribution in [0.5, 0.6) is 0 Å². The lowest BCUT2D eigenvalue weighted by Gasteiger charge is -2.12. The van der Waals surface area contributed by atoms with E-state index in [1.807, 2.05) is 43.3 Å². The summed E-state index contributed by atoms with van der Waals surface area (Å²) in [5, 5.41) is 6.86. The minimum Gasteiger partial charge on any atom is -0.381 e. The molecule has 0 spiro atoms. The van der Waals surface area contributed by atoms with Crippen molar-refractivity contribution in [2.24, 2.45) is 0 Å². The molecule has 2 aromatic rings. The first-order valence-electron chi connectivity index (χ1n) is 6.52. The first kappa shape index (κ1) is 15.9. The molecule has 0 fully saturated rings. The summed E-state index contributed by atoms with van der Waals surface area (Å²) >= 11 is 9.51. The van der Waals surface area contributed by atoms with Crippen LogP contribution in [0, 0.1) is 6.92 Å². The number of amides is 1. The molecule has 2 aromatic carbocycles. The van der Waals surface area contributed by atoms with Crippen molar-refractivity contribution in [3.8, 4) is 0 Å². The van der Waals surface area contributed by atoms with Crippen LogP contribution in [0.1, 0.15) is 18.1 Å². The van der Waals surface area contributed by atoms with Crippen molar-refractivity contribution in [3.05, 3.63) is 57.0 Å². The Hall–Kier alpha value is -1.52. The molecule has 0 bridgehead atoms.